The SMILES string of the molecule is CCC(C)n1cc(C)nc1NC(C)COC. The lowest BCUT2D eigenvalue weighted by molar-refractivity contribution is 0.190. The van der Waals surface area contributed by atoms with Crippen LogP contribution in [0.2, 0.25) is 0 Å². The molecule has 0 aromatic carbocycles. The van der Waals surface area contributed by atoms with Gasteiger partial charge in [-0.1, -0.05) is 6.92 Å². The summed E-state index contributed by atoms with van der Waals surface area (Å²) in [6.45, 7) is 9.18. The van der Waals surface area contributed by atoms with E-state index in [9.17, 15) is 0 Å². The Balaban J connectivity index is 2.78. The molecule has 4 heteroatoms. The highest BCUT2D eigenvalue weighted by molar-refractivity contribution is 5.30. The Hall–Kier alpha value is -1.03. The molecular weight excluding hydrogens is 202 g/mol. The van der Waals surface area contributed by atoms with Crippen molar-refractivity contribution >= 4 is 5.95 Å². The van der Waals surface area contributed by atoms with Crippen molar-refractivity contribution in [2.75, 3.05) is 19.0 Å². The fourth-order valence-corrected chi connectivity index (χ4v) is 1.67. The fraction of sp³-hybridized carbons (Fsp3) is 0.750. The number of rotatable bonds is 6. The van der Waals surface area contributed by atoms with Crippen LogP contribution in [0.15, 0.2) is 6.20 Å². The Labute approximate surface area is 98.0 Å². The Morgan fingerprint density at radius 3 is 2.75 bits per heavy atom. The van der Waals surface area contributed by atoms with Gasteiger partial charge in [-0.15, -0.1) is 0 Å². The predicted octanol–water partition coefficient (Wildman–Crippen LogP) is 2.61. The second kappa shape index (κ2) is 5.89. The molecule has 0 aliphatic heterocycles. The van der Waals surface area contributed by atoms with Gasteiger partial charge >= 0.3 is 0 Å². The van der Waals surface area contributed by atoms with Crippen LogP contribution in [0.3, 0.4) is 0 Å². The zero-order valence-corrected chi connectivity index (χ0v) is 10.9. The van der Waals surface area contributed by atoms with Crippen LogP contribution in [0.4, 0.5) is 5.95 Å². The molecule has 4 nitrogen and oxygen atoms in total. The van der Waals surface area contributed by atoms with Crippen LogP contribution in [0.25, 0.3) is 0 Å². The quantitative estimate of drug-likeness (QED) is 0.809. The number of hydrogen-bond donors (Lipinski definition) is 1. The summed E-state index contributed by atoms with van der Waals surface area (Å²) < 4.78 is 7.31. The number of hydrogen-bond acceptors (Lipinski definition) is 3. The first kappa shape index (κ1) is 13.0. The highest BCUT2D eigenvalue weighted by Gasteiger charge is 2.12. The molecule has 0 saturated heterocycles. The molecule has 0 spiro atoms. The molecule has 1 rings (SSSR count). The monoisotopic (exact) mass is 225 g/mol. The summed E-state index contributed by atoms with van der Waals surface area (Å²) in [5.74, 6) is 0.941. The number of imidazole rings is 1. The molecule has 0 aliphatic carbocycles. The van der Waals surface area contributed by atoms with Gasteiger partial charge in [0.1, 0.15) is 0 Å². The predicted molar refractivity (Wildman–Crippen MR) is 66.9 cm³/mol. The van der Waals surface area contributed by atoms with Gasteiger partial charge in [0.2, 0.25) is 5.95 Å². The molecule has 1 N–H and O–H groups in total. The summed E-state index contributed by atoms with van der Waals surface area (Å²) in [5, 5.41) is 3.37. The van der Waals surface area contributed by atoms with Crippen molar-refractivity contribution in [3.05, 3.63) is 11.9 Å². The van der Waals surface area contributed by atoms with Crippen molar-refractivity contribution in [1.82, 2.24) is 9.55 Å². The standard InChI is InChI=1S/C12H23N3O/c1-6-11(4)15-7-9(2)13-12(15)14-10(3)8-16-5/h7,10-11H,6,8H2,1-5H3,(H,13,14). The second-order valence-corrected chi connectivity index (χ2v) is 4.37. The van der Waals surface area contributed by atoms with Gasteiger partial charge in [-0.05, 0) is 27.2 Å². The molecule has 2 atom stereocenters. The summed E-state index contributed by atoms with van der Waals surface area (Å²) in [5.41, 5.74) is 1.05. The van der Waals surface area contributed by atoms with Crippen LogP contribution < -0.4 is 5.32 Å². The smallest absolute Gasteiger partial charge is 0.203 e. The van der Waals surface area contributed by atoms with Gasteiger partial charge < -0.3 is 14.6 Å². The molecule has 92 valence electrons. The maximum atomic E-state index is 5.11. The lowest BCUT2D eigenvalue weighted by Crippen LogP contribution is -2.23. The Morgan fingerprint density at radius 1 is 1.50 bits per heavy atom. The molecule has 2 unspecified atom stereocenters. The van der Waals surface area contributed by atoms with Crippen molar-refractivity contribution < 1.29 is 4.74 Å². The van der Waals surface area contributed by atoms with E-state index in [0.29, 0.717) is 12.6 Å². The van der Waals surface area contributed by atoms with Gasteiger partial charge in [0.25, 0.3) is 0 Å². The average molecular weight is 225 g/mol. The van der Waals surface area contributed by atoms with Crippen molar-refractivity contribution in [2.45, 2.75) is 46.2 Å². The van der Waals surface area contributed by atoms with E-state index in [-0.39, 0.29) is 6.04 Å². The minimum absolute atomic E-state index is 0.273. The average Bonchev–Trinajstić information content (AvgIpc) is 2.58. The molecule has 1 aromatic heterocycles. The molecule has 0 radical (unpaired) electrons. The summed E-state index contributed by atoms with van der Waals surface area (Å²) in [6.07, 6.45) is 3.19. The molecule has 1 heterocycles. The molecule has 0 fully saturated rings. The van der Waals surface area contributed by atoms with Crippen LogP contribution in [-0.2, 0) is 4.74 Å². The minimum atomic E-state index is 0.273. The third kappa shape index (κ3) is 3.23. The highest BCUT2D eigenvalue weighted by Crippen LogP contribution is 2.18. The second-order valence-electron chi connectivity index (χ2n) is 4.37. The number of aromatic nitrogens is 2. The van der Waals surface area contributed by atoms with E-state index in [1.807, 2.05) is 6.92 Å². The van der Waals surface area contributed by atoms with E-state index >= 15 is 0 Å². The van der Waals surface area contributed by atoms with E-state index in [1.54, 1.807) is 7.11 Å². The number of ether oxygens (including phenoxy) is 1. The first-order valence-corrected chi connectivity index (χ1v) is 5.89. The van der Waals surface area contributed by atoms with Gasteiger partial charge in [0.15, 0.2) is 0 Å². The Kier molecular flexibility index (Phi) is 4.80. The van der Waals surface area contributed by atoms with Crippen molar-refractivity contribution in [2.24, 2.45) is 0 Å². The zero-order chi connectivity index (χ0) is 12.1. The van der Waals surface area contributed by atoms with Gasteiger partial charge in [0.05, 0.1) is 12.3 Å². The highest BCUT2D eigenvalue weighted by atomic mass is 16.5. The van der Waals surface area contributed by atoms with Gasteiger partial charge in [-0.3, -0.25) is 0 Å². The van der Waals surface area contributed by atoms with E-state index in [1.165, 1.54) is 0 Å². The van der Waals surface area contributed by atoms with E-state index in [4.69, 9.17) is 4.74 Å². The first-order chi connectivity index (χ1) is 7.58. The number of aryl methyl sites for hydroxylation is 1. The molecule has 0 bridgehead atoms. The van der Waals surface area contributed by atoms with Crippen LogP contribution >= 0.6 is 0 Å². The number of nitrogens with one attached hydrogen (secondary N) is 1. The molecule has 1 aromatic rings. The van der Waals surface area contributed by atoms with Crippen LogP contribution in [0.1, 0.15) is 38.9 Å². The molecule has 0 amide bonds. The fourth-order valence-electron chi connectivity index (χ4n) is 1.67. The number of anilines is 1. The third-order valence-corrected chi connectivity index (χ3v) is 2.71. The molecule has 0 saturated carbocycles. The topological polar surface area (TPSA) is 39.1 Å². The van der Waals surface area contributed by atoms with Crippen molar-refractivity contribution in [1.29, 1.82) is 0 Å². The molecule has 0 aliphatic rings. The summed E-state index contributed by atoms with van der Waals surface area (Å²) in [4.78, 5) is 4.50. The van der Waals surface area contributed by atoms with Crippen LogP contribution in [0.5, 0.6) is 0 Å². The van der Waals surface area contributed by atoms with Crippen LogP contribution in [-0.4, -0.2) is 29.3 Å². The largest absolute Gasteiger partial charge is 0.383 e. The summed E-state index contributed by atoms with van der Waals surface area (Å²) in [6, 6.07) is 0.744. The first-order valence-electron chi connectivity index (χ1n) is 5.89. The van der Waals surface area contributed by atoms with E-state index < -0.39 is 0 Å². The minimum Gasteiger partial charge on any atom is -0.383 e. The van der Waals surface area contributed by atoms with E-state index in [2.05, 4.69) is 41.8 Å². The maximum absolute atomic E-state index is 5.11. The maximum Gasteiger partial charge on any atom is 0.203 e. The van der Waals surface area contributed by atoms with Crippen molar-refractivity contribution in [3.8, 4) is 0 Å². The van der Waals surface area contributed by atoms with E-state index in [0.717, 1.165) is 18.1 Å². The van der Waals surface area contributed by atoms with Gasteiger partial charge in [-0.2, -0.15) is 0 Å². The third-order valence-electron chi connectivity index (χ3n) is 2.71. The summed E-state index contributed by atoms with van der Waals surface area (Å²) in [7, 11) is 1.71. The number of methoxy groups -OCH3 is 1. The Morgan fingerprint density at radius 2 is 2.19 bits per heavy atom. The Bertz CT molecular complexity index is 322. The zero-order valence-electron chi connectivity index (χ0n) is 10.9. The molecular formula is C12H23N3O. The van der Waals surface area contributed by atoms with Crippen LogP contribution in [0, 0.1) is 6.92 Å². The lowest BCUT2D eigenvalue weighted by atomic mass is 10.2. The number of nitrogens with zero attached hydrogens (tertiary/aromatic N) is 2. The van der Waals surface area contributed by atoms with Gasteiger partial charge in [0, 0.05) is 25.4 Å². The summed E-state index contributed by atoms with van der Waals surface area (Å²) >= 11 is 0. The molecule has 16 heavy (non-hydrogen) atoms. The normalized spacial score (nSPS) is 14.8. The lowest BCUT2D eigenvalue weighted by Gasteiger charge is -2.18. The van der Waals surface area contributed by atoms with Gasteiger partial charge in [-0.25, -0.2) is 4.98 Å². The van der Waals surface area contributed by atoms with Crippen molar-refractivity contribution in [3.63, 3.8) is 0 Å².